The van der Waals surface area contributed by atoms with E-state index in [0.717, 1.165) is 27.8 Å². The predicted molar refractivity (Wildman–Crippen MR) is 125 cm³/mol. The smallest absolute Gasteiger partial charge is 0.115 e. The lowest BCUT2D eigenvalue weighted by Crippen LogP contribution is -2.39. The van der Waals surface area contributed by atoms with Crippen LogP contribution in [0.4, 0.5) is 0 Å². The number of rotatable bonds is 5. The fourth-order valence-electron chi connectivity index (χ4n) is 4.00. The summed E-state index contributed by atoms with van der Waals surface area (Å²) in [7, 11) is 0. The first-order valence-corrected chi connectivity index (χ1v) is 10.3. The van der Waals surface area contributed by atoms with E-state index >= 15 is 0 Å². The van der Waals surface area contributed by atoms with E-state index in [0.29, 0.717) is 0 Å². The van der Waals surface area contributed by atoms with Crippen LogP contribution in [0.25, 0.3) is 0 Å². The Morgan fingerprint density at radius 3 is 0.969 bits per heavy atom. The lowest BCUT2D eigenvalue weighted by atomic mass is 9.76. The van der Waals surface area contributed by atoms with Crippen molar-refractivity contribution < 1.29 is 15.3 Å². The number of phenols is 3. The van der Waals surface area contributed by atoms with Gasteiger partial charge in [0, 0.05) is 0 Å². The van der Waals surface area contributed by atoms with Crippen LogP contribution >= 0.6 is 0 Å². The molecule has 0 amide bonds. The zero-order chi connectivity index (χ0) is 22.9. The van der Waals surface area contributed by atoms with Gasteiger partial charge in [-0.2, -0.15) is 0 Å². The zero-order valence-corrected chi connectivity index (χ0v) is 17.7. The van der Waals surface area contributed by atoms with E-state index < -0.39 is 11.1 Å². The third kappa shape index (κ3) is 3.80. The molecule has 32 heavy (non-hydrogen) atoms. The molecule has 4 aromatic rings. The Balaban J connectivity index is 1.79. The maximum Gasteiger partial charge on any atom is 0.115 e. The highest BCUT2D eigenvalue weighted by Crippen LogP contribution is 2.37. The summed E-state index contributed by atoms with van der Waals surface area (Å²) in [6.45, 7) is 1.92. The van der Waals surface area contributed by atoms with E-state index in [4.69, 9.17) is 11.5 Å². The lowest BCUT2D eigenvalue weighted by molar-refractivity contribution is 0.473. The second-order valence-corrected chi connectivity index (χ2v) is 8.23. The van der Waals surface area contributed by atoms with E-state index in [-0.39, 0.29) is 17.2 Å². The summed E-state index contributed by atoms with van der Waals surface area (Å²) in [6.07, 6.45) is 0. The summed E-state index contributed by atoms with van der Waals surface area (Å²) in [5, 5.41) is 29.1. The average Bonchev–Trinajstić information content (AvgIpc) is 2.80. The molecule has 1 atom stereocenters. The molecule has 5 heteroatoms. The molecule has 0 aromatic heterocycles. The number of benzene rings is 4. The highest BCUT2D eigenvalue weighted by molar-refractivity contribution is 5.52. The minimum Gasteiger partial charge on any atom is -0.508 e. The maximum atomic E-state index is 9.75. The first-order chi connectivity index (χ1) is 15.2. The molecule has 0 saturated heterocycles. The van der Waals surface area contributed by atoms with Gasteiger partial charge in [0.15, 0.2) is 0 Å². The van der Waals surface area contributed by atoms with Gasteiger partial charge in [0.25, 0.3) is 0 Å². The Labute approximate surface area is 187 Å². The third-order valence-electron chi connectivity index (χ3n) is 6.05. The number of nitrogens with two attached hydrogens (primary N) is 2. The van der Waals surface area contributed by atoms with Crippen molar-refractivity contribution in [3.05, 3.63) is 125 Å². The van der Waals surface area contributed by atoms with Crippen molar-refractivity contribution in [2.24, 2.45) is 11.5 Å². The lowest BCUT2D eigenvalue weighted by Gasteiger charge is -2.33. The van der Waals surface area contributed by atoms with Crippen molar-refractivity contribution in [2.45, 2.75) is 18.0 Å². The maximum absolute atomic E-state index is 9.75. The van der Waals surface area contributed by atoms with Crippen LogP contribution in [0.3, 0.4) is 0 Å². The molecule has 162 valence electrons. The van der Waals surface area contributed by atoms with Crippen molar-refractivity contribution in [1.29, 1.82) is 0 Å². The molecule has 0 fully saturated rings. The molecular formula is C27H26N2O3. The van der Waals surface area contributed by atoms with Gasteiger partial charge in [-0.1, -0.05) is 60.7 Å². The minimum absolute atomic E-state index is 0.157. The fourth-order valence-corrected chi connectivity index (χ4v) is 4.00. The third-order valence-corrected chi connectivity index (χ3v) is 6.05. The number of phenolic OH excluding ortho intramolecular Hbond substituents is 3. The fraction of sp³-hybridized carbons (Fsp3) is 0.111. The van der Waals surface area contributed by atoms with E-state index in [1.165, 1.54) is 0 Å². The van der Waals surface area contributed by atoms with Crippen molar-refractivity contribution in [3.63, 3.8) is 0 Å². The molecule has 0 heterocycles. The van der Waals surface area contributed by atoms with Crippen LogP contribution in [0.15, 0.2) is 97.1 Å². The molecule has 7 N–H and O–H groups in total. The van der Waals surface area contributed by atoms with Gasteiger partial charge in [0.2, 0.25) is 0 Å². The van der Waals surface area contributed by atoms with Crippen molar-refractivity contribution in [2.75, 3.05) is 0 Å². The minimum atomic E-state index is -1.01. The van der Waals surface area contributed by atoms with E-state index in [1.807, 2.05) is 43.3 Å². The second-order valence-electron chi connectivity index (χ2n) is 8.23. The van der Waals surface area contributed by atoms with Crippen LogP contribution in [0, 0.1) is 0 Å². The van der Waals surface area contributed by atoms with Gasteiger partial charge in [-0.3, -0.25) is 0 Å². The zero-order valence-electron chi connectivity index (χ0n) is 17.7. The van der Waals surface area contributed by atoms with Crippen LogP contribution in [0.1, 0.15) is 34.7 Å². The molecule has 0 saturated carbocycles. The highest BCUT2D eigenvalue weighted by atomic mass is 16.3. The van der Waals surface area contributed by atoms with Crippen LogP contribution in [-0.4, -0.2) is 15.3 Å². The summed E-state index contributed by atoms with van der Waals surface area (Å²) in [6, 6.07) is 28.2. The standard InChI is InChI=1S/C27H26N2O3/c1-26(28,19-6-12-23(30)13-7-19)18-2-4-20(5-3-18)27(29,21-8-14-24(31)15-9-21)22-10-16-25(32)17-11-22/h2-17,30-32H,28-29H2,1H3. The molecule has 0 aliphatic rings. The first kappa shape index (κ1) is 21.4. The van der Waals surface area contributed by atoms with E-state index in [2.05, 4.69) is 0 Å². The monoisotopic (exact) mass is 426 g/mol. The average molecular weight is 427 g/mol. The molecule has 0 bridgehead atoms. The molecule has 4 aromatic carbocycles. The number of aromatic hydroxyl groups is 3. The van der Waals surface area contributed by atoms with Gasteiger partial charge in [0.1, 0.15) is 17.2 Å². The van der Waals surface area contributed by atoms with Gasteiger partial charge in [-0.05, 0) is 71.1 Å². The van der Waals surface area contributed by atoms with Gasteiger partial charge in [0.05, 0.1) is 11.1 Å². The van der Waals surface area contributed by atoms with Crippen molar-refractivity contribution in [1.82, 2.24) is 0 Å². The van der Waals surface area contributed by atoms with Crippen molar-refractivity contribution >= 4 is 0 Å². The Hall–Kier alpha value is -3.80. The van der Waals surface area contributed by atoms with Gasteiger partial charge in [-0.25, -0.2) is 0 Å². The molecule has 4 rings (SSSR count). The Bertz CT molecular complexity index is 1150. The molecule has 0 aliphatic heterocycles. The number of hydrogen-bond donors (Lipinski definition) is 5. The summed E-state index contributed by atoms with van der Waals surface area (Å²) in [4.78, 5) is 0. The molecule has 5 nitrogen and oxygen atoms in total. The summed E-state index contributed by atoms with van der Waals surface area (Å²) < 4.78 is 0. The van der Waals surface area contributed by atoms with E-state index in [1.54, 1.807) is 60.7 Å². The predicted octanol–water partition coefficient (Wildman–Crippen LogP) is 4.28. The quantitative estimate of drug-likeness (QED) is 0.306. The second kappa shape index (κ2) is 8.04. The van der Waals surface area contributed by atoms with Crippen LogP contribution in [0.2, 0.25) is 0 Å². The van der Waals surface area contributed by atoms with Crippen LogP contribution in [0.5, 0.6) is 17.2 Å². The van der Waals surface area contributed by atoms with Crippen molar-refractivity contribution in [3.8, 4) is 17.2 Å². The molecule has 0 aliphatic carbocycles. The molecular weight excluding hydrogens is 400 g/mol. The van der Waals surface area contributed by atoms with Crippen LogP contribution < -0.4 is 11.5 Å². The Morgan fingerprint density at radius 1 is 0.438 bits per heavy atom. The number of hydrogen-bond acceptors (Lipinski definition) is 5. The molecule has 0 spiro atoms. The van der Waals surface area contributed by atoms with Gasteiger partial charge in [-0.15, -0.1) is 0 Å². The normalized spacial score (nSPS) is 13.5. The van der Waals surface area contributed by atoms with E-state index in [9.17, 15) is 15.3 Å². The first-order valence-electron chi connectivity index (χ1n) is 10.3. The van der Waals surface area contributed by atoms with Gasteiger partial charge >= 0.3 is 0 Å². The topological polar surface area (TPSA) is 113 Å². The Kier molecular flexibility index (Phi) is 5.38. The summed E-state index contributed by atoms with van der Waals surface area (Å²) >= 11 is 0. The van der Waals surface area contributed by atoms with Gasteiger partial charge < -0.3 is 26.8 Å². The van der Waals surface area contributed by atoms with Crippen LogP contribution in [-0.2, 0) is 11.1 Å². The summed E-state index contributed by atoms with van der Waals surface area (Å²) in [5.41, 5.74) is 16.1. The largest absolute Gasteiger partial charge is 0.508 e. The molecule has 0 radical (unpaired) electrons. The SMILES string of the molecule is CC(N)(c1ccc(O)cc1)c1ccc(C(N)(c2ccc(O)cc2)c2ccc(O)cc2)cc1. The molecule has 1 unspecified atom stereocenters. The Morgan fingerprint density at radius 2 is 0.656 bits per heavy atom. The summed E-state index contributed by atoms with van der Waals surface area (Å²) in [5.74, 6) is 0.505. The highest BCUT2D eigenvalue weighted by Gasteiger charge is 2.33.